The summed E-state index contributed by atoms with van der Waals surface area (Å²) >= 11 is 5.01. The third-order valence-corrected chi connectivity index (χ3v) is 6.82. The molecule has 1 N–H and O–H groups in total. The number of ether oxygens (including phenoxy) is 2. The number of hydrogen-bond donors (Lipinski definition) is 1. The second kappa shape index (κ2) is 11.8. The van der Waals surface area contributed by atoms with Crippen LogP contribution in [0.4, 0.5) is 5.95 Å². The summed E-state index contributed by atoms with van der Waals surface area (Å²) in [5, 5.41) is 8.61. The molecule has 2 heterocycles. The molecular formula is C26H29BrN4O3S. The number of halogens is 1. The number of aromatic nitrogens is 3. The molecule has 0 radical (unpaired) electrons. The monoisotopic (exact) mass is 556 g/mol. The molecule has 35 heavy (non-hydrogen) atoms. The van der Waals surface area contributed by atoms with Crippen molar-refractivity contribution >= 4 is 39.6 Å². The lowest BCUT2D eigenvalue weighted by Gasteiger charge is -2.28. The molecule has 0 spiro atoms. The zero-order valence-corrected chi connectivity index (χ0v) is 22.5. The highest BCUT2D eigenvalue weighted by atomic mass is 79.9. The summed E-state index contributed by atoms with van der Waals surface area (Å²) in [5.74, 6) is 1.88. The Morgan fingerprint density at radius 2 is 1.89 bits per heavy atom. The van der Waals surface area contributed by atoms with Gasteiger partial charge in [-0.25, -0.2) is 9.48 Å². The van der Waals surface area contributed by atoms with Gasteiger partial charge in [0, 0.05) is 10.2 Å². The summed E-state index contributed by atoms with van der Waals surface area (Å²) in [6, 6.07) is 15.4. The minimum atomic E-state index is -0.445. The SMILES string of the molecule is CCCCOC(=O)C1=C(C)Nc2nc(SCC)nn2C1c1ccc(OCc2ccc(Br)cc2)cc1. The van der Waals surface area contributed by atoms with Crippen molar-refractivity contribution in [3.8, 4) is 5.75 Å². The van der Waals surface area contributed by atoms with Crippen LogP contribution in [0.3, 0.4) is 0 Å². The molecule has 0 saturated carbocycles. The van der Waals surface area contributed by atoms with Crippen LogP contribution in [0.15, 0.2) is 69.4 Å². The molecule has 0 aliphatic carbocycles. The molecule has 1 aromatic heterocycles. The minimum Gasteiger partial charge on any atom is -0.489 e. The van der Waals surface area contributed by atoms with Crippen LogP contribution in [0.1, 0.15) is 50.8 Å². The van der Waals surface area contributed by atoms with Crippen LogP contribution in [0.5, 0.6) is 5.75 Å². The van der Waals surface area contributed by atoms with Gasteiger partial charge in [0.05, 0.1) is 12.2 Å². The van der Waals surface area contributed by atoms with Crippen molar-refractivity contribution < 1.29 is 14.3 Å². The molecule has 1 unspecified atom stereocenters. The van der Waals surface area contributed by atoms with E-state index < -0.39 is 6.04 Å². The van der Waals surface area contributed by atoms with E-state index >= 15 is 0 Å². The van der Waals surface area contributed by atoms with Gasteiger partial charge in [-0.3, -0.25) is 0 Å². The van der Waals surface area contributed by atoms with Crippen molar-refractivity contribution in [3.05, 3.63) is 75.4 Å². The quantitative estimate of drug-likeness (QED) is 0.177. The molecule has 1 aliphatic heterocycles. The smallest absolute Gasteiger partial charge is 0.338 e. The molecule has 0 amide bonds. The number of rotatable bonds is 10. The van der Waals surface area contributed by atoms with Crippen molar-refractivity contribution in [2.45, 2.75) is 51.4 Å². The predicted octanol–water partition coefficient (Wildman–Crippen LogP) is 6.36. The molecule has 2 aromatic carbocycles. The molecule has 1 atom stereocenters. The third kappa shape index (κ3) is 6.08. The number of nitrogens with zero attached hydrogens (tertiary/aromatic N) is 3. The van der Waals surface area contributed by atoms with Crippen LogP contribution >= 0.6 is 27.7 Å². The molecule has 7 nitrogen and oxygen atoms in total. The van der Waals surface area contributed by atoms with Gasteiger partial charge in [0.1, 0.15) is 18.4 Å². The topological polar surface area (TPSA) is 78.3 Å². The fraction of sp³-hybridized carbons (Fsp3) is 0.346. The van der Waals surface area contributed by atoms with Gasteiger partial charge in [-0.1, -0.05) is 72.2 Å². The first-order valence-corrected chi connectivity index (χ1v) is 13.5. The van der Waals surface area contributed by atoms with E-state index in [1.54, 1.807) is 16.4 Å². The second-order valence-corrected chi connectivity index (χ2v) is 10.3. The van der Waals surface area contributed by atoms with Gasteiger partial charge >= 0.3 is 5.97 Å². The molecule has 0 bridgehead atoms. The lowest BCUT2D eigenvalue weighted by molar-refractivity contribution is -0.139. The Morgan fingerprint density at radius 3 is 2.57 bits per heavy atom. The lowest BCUT2D eigenvalue weighted by atomic mass is 9.96. The fourth-order valence-corrected chi connectivity index (χ4v) is 4.59. The number of unbranched alkanes of at least 4 members (excludes halogenated alkanes) is 1. The van der Waals surface area contributed by atoms with E-state index in [-0.39, 0.29) is 5.97 Å². The van der Waals surface area contributed by atoms with E-state index in [4.69, 9.17) is 14.6 Å². The van der Waals surface area contributed by atoms with Crippen LogP contribution in [0.25, 0.3) is 0 Å². The van der Waals surface area contributed by atoms with Gasteiger partial charge < -0.3 is 14.8 Å². The Bertz CT molecular complexity index is 1190. The first-order chi connectivity index (χ1) is 17.0. The average molecular weight is 558 g/mol. The van der Waals surface area contributed by atoms with Gasteiger partial charge in [-0.2, -0.15) is 4.98 Å². The maximum Gasteiger partial charge on any atom is 0.338 e. The summed E-state index contributed by atoms with van der Waals surface area (Å²) in [4.78, 5) is 17.8. The maximum absolute atomic E-state index is 13.1. The number of nitrogens with one attached hydrogen (secondary N) is 1. The second-order valence-electron chi connectivity index (χ2n) is 8.14. The predicted molar refractivity (Wildman–Crippen MR) is 142 cm³/mol. The number of fused-ring (bicyclic) bond motifs is 1. The van der Waals surface area contributed by atoms with E-state index in [2.05, 4.69) is 40.1 Å². The Hall–Kier alpha value is -2.78. The Morgan fingerprint density at radius 1 is 1.14 bits per heavy atom. The maximum atomic E-state index is 13.1. The normalized spacial score (nSPS) is 14.9. The first kappa shape index (κ1) is 25.3. The zero-order chi connectivity index (χ0) is 24.8. The highest BCUT2D eigenvalue weighted by Gasteiger charge is 2.35. The van der Waals surface area contributed by atoms with Gasteiger partial charge in [-0.15, -0.1) is 5.10 Å². The molecule has 0 fully saturated rings. The summed E-state index contributed by atoms with van der Waals surface area (Å²) in [7, 11) is 0. The molecule has 4 rings (SSSR count). The molecular weight excluding hydrogens is 528 g/mol. The van der Waals surface area contributed by atoms with E-state index in [0.717, 1.165) is 45.6 Å². The number of anilines is 1. The average Bonchev–Trinajstić information content (AvgIpc) is 3.25. The molecule has 0 saturated heterocycles. The Kier molecular flexibility index (Phi) is 8.51. The number of hydrogen-bond acceptors (Lipinski definition) is 7. The first-order valence-electron chi connectivity index (χ1n) is 11.7. The lowest BCUT2D eigenvalue weighted by Crippen LogP contribution is -2.29. The van der Waals surface area contributed by atoms with Gasteiger partial charge in [0.2, 0.25) is 11.1 Å². The molecule has 3 aromatic rings. The van der Waals surface area contributed by atoms with E-state index in [1.165, 1.54) is 0 Å². The van der Waals surface area contributed by atoms with Gasteiger partial charge in [-0.05, 0) is 54.5 Å². The summed E-state index contributed by atoms with van der Waals surface area (Å²) in [6.07, 6.45) is 1.78. The molecule has 9 heteroatoms. The summed E-state index contributed by atoms with van der Waals surface area (Å²) < 4.78 is 14.4. The zero-order valence-electron chi connectivity index (χ0n) is 20.1. The van der Waals surface area contributed by atoms with Gasteiger partial charge in [0.25, 0.3) is 0 Å². The van der Waals surface area contributed by atoms with E-state index in [9.17, 15) is 4.79 Å². The number of carbonyl (C=O) groups excluding carboxylic acids is 1. The van der Waals surface area contributed by atoms with E-state index in [0.29, 0.717) is 29.9 Å². The van der Waals surface area contributed by atoms with Crippen molar-refractivity contribution in [2.24, 2.45) is 0 Å². The minimum absolute atomic E-state index is 0.338. The van der Waals surface area contributed by atoms with Crippen molar-refractivity contribution in [3.63, 3.8) is 0 Å². The molecule has 184 valence electrons. The van der Waals surface area contributed by atoms with Crippen molar-refractivity contribution in [1.82, 2.24) is 14.8 Å². The van der Waals surface area contributed by atoms with Crippen LogP contribution in [-0.4, -0.2) is 33.1 Å². The Labute approximate surface area is 218 Å². The number of allylic oxidation sites excluding steroid dienone is 1. The number of esters is 1. The summed E-state index contributed by atoms with van der Waals surface area (Å²) in [6.45, 7) is 6.87. The van der Waals surface area contributed by atoms with Crippen LogP contribution < -0.4 is 10.1 Å². The number of carbonyl (C=O) groups is 1. The third-order valence-electron chi connectivity index (χ3n) is 5.57. The fourth-order valence-electron chi connectivity index (χ4n) is 3.77. The molecule has 1 aliphatic rings. The number of thioether (sulfide) groups is 1. The highest BCUT2D eigenvalue weighted by Crippen LogP contribution is 2.37. The van der Waals surface area contributed by atoms with E-state index in [1.807, 2.05) is 55.5 Å². The van der Waals surface area contributed by atoms with Crippen molar-refractivity contribution in [2.75, 3.05) is 17.7 Å². The Balaban J connectivity index is 1.60. The highest BCUT2D eigenvalue weighted by molar-refractivity contribution is 9.10. The standard InChI is InChI=1S/C26H29BrN4O3S/c1-4-6-15-33-24(32)22-17(3)28-25-29-26(35-5-2)30-31(25)23(22)19-9-13-21(14-10-19)34-16-18-7-11-20(27)12-8-18/h7-14,23H,4-6,15-16H2,1-3H3,(H,28,29,30). The largest absolute Gasteiger partial charge is 0.489 e. The van der Waals surface area contributed by atoms with Crippen LogP contribution in [-0.2, 0) is 16.1 Å². The summed E-state index contributed by atoms with van der Waals surface area (Å²) in [5.41, 5.74) is 3.25. The number of benzene rings is 2. The van der Waals surface area contributed by atoms with Crippen molar-refractivity contribution in [1.29, 1.82) is 0 Å². The van der Waals surface area contributed by atoms with Gasteiger partial charge in [0.15, 0.2) is 0 Å². The van der Waals surface area contributed by atoms with Crippen LogP contribution in [0, 0.1) is 0 Å². The van der Waals surface area contributed by atoms with Crippen LogP contribution in [0.2, 0.25) is 0 Å².